The van der Waals surface area contributed by atoms with Crippen LogP contribution in [0, 0.1) is 0 Å². The van der Waals surface area contributed by atoms with Crippen LogP contribution < -0.4 is 10.3 Å². The molecule has 0 atom stereocenters. The van der Waals surface area contributed by atoms with Crippen LogP contribution in [0.5, 0.6) is 0 Å². The lowest BCUT2D eigenvalue weighted by atomic mass is 10.1. The maximum atomic E-state index is 12.2. The van der Waals surface area contributed by atoms with Crippen molar-refractivity contribution in [3.63, 3.8) is 0 Å². The molecule has 1 N–H and O–H groups in total. The van der Waals surface area contributed by atoms with Gasteiger partial charge in [-0.15, -0.1) is 0 Å². The van der Waals surface area contributed by atoms with Crippen molar-refractivity contribution in [3.8, 4) is 0 Å². The number of nitrogens with one attached hydrogen (secondary N) is 1. The molecule has 1 amide bonds. The third kappa shape index (κ3) is 5.99. The van der Waals surface area contributed by atoms with Gasteiger partial charge in [0, 0.05) is 57.7 Å². The van der Waals surface area contributed by atoms with Gasteiger partial charge in [0.1, 0.15) is 5.60 Å². The van der Waals surface area contributed by atoms with Gasteiger partial charge in [0.2, 0.25) is 0 Å². The number of rotatable bonds is 5. The van der Waals surface area contributed by atoms with E-state index in [4.69, 9.17) is 4.74 Å². The molecule has 1 aliphatic heterocycles. The standard InChI is InChI=1S/C20H31N5O2/c1-20(2,3)27-19(26)25-13-11-24(12-14-25)17-9-7-16(8-10-17)18(21-4)15-23(6)22-5/h7-10,15,22H,4,11-14H2,1-3,5-6H3/b18-15-. The zero-order valence-corrected chi connectivity index (χ0v) is 17.0. The minimum Gasteiger partial charge on any atom is -0.444 e. The topological polar surface area (TPSA) is 60.4 Å². The van der Waals surface area contributed by atoms with Crippen LogP contribution in [-0.4, -0.2) is 68.6 Å². The monoisotopic (exact) mass is 373 g/mol. The number of anilines is 1. The number of aliphatic imine (C=N–C) groups is 1. The van der Waals surface area contributed by atoms with E-state index in [1.54, 1.807) is 4.90 Å². The molecule has 1 fully saturated rings. The number of hydrogen-bond donors (Lipinski definition) is 1. The van der Waals surface area contributed by atoms with Crippen LogP contribution in [0.4, 0.5) is 10.5 Å². The van der Waals surface area contributed by atoms with E-state index in [-0.39, 0.29) is 6.09 Å². The van der Waals surface area contributed by atoms with E-state index in [0.29, 0.717) is 13.1 Å². The number of carbonyl (C=O) groups excluding carboxylic acids is 1. The molecule has 27 heavy (non-hydrogen) atoms. The molecule has 0 radical (unpaired) electrons. The van der Waals surface area contributed by atoms with Crippen molar-refractivity contribution in [2.45, 2.75) is 26.4 Å². The van der Waals surface area contributed by atoms with Gasteiger partial charge in [-0.2, -0.15) is 0 Å². The molecule has 1 aromatic rings. The van der Waals surface area contributed by atoms with Crippen molar-refractivity contribution in [1.82, 2.24) is 15.3 Å². The number of hydrazine groups is 1. The van der Waals surface area contributed by atoms with Crippen LogP contribution in [0.2, 0.25) is 0 Å². The average Bonchev–Trinajstić information content (AvgIpc) is 2.65. The number of hydrogen-bond acceptors (Lipinski definition) is 6. The molecular formula is C20H31N5O2. The van der Waals surface area contributed by atoms with E-state index in [9.17, 15) is 4.79 Å². The van der Waals surface area contributed by atoms with Crippen LogP contribution in [0.1, 0.15) is 26.3 Å². The van der Waals surface area contributed by atoms with Gasteiger partial charge in [0.15, 0.2) is 0 Å². The highest BCUT2D eigenvalue weighted by atomic mass is 16.6. The first-order valence-corrected chi connectivity index (χ1v) is 9.15. The first kappa shape index (κ1) is 20.8. The molecule has 0 unspecified atom stereocenters. The molecule has 7 heteroatoms. The van der Waals surface area contributed by atoms with Crippen LogP contribution in [0.15, 0.2) is 35.5 Å². The second kappa shape index (κ2) is 8.90. The van der Waals surface area contributed by atoms with Gasteiger partial charge < -0.3 is 19.5 Å². The molecule has 148 valence electrons. The van der Waals surface area contributed by atoms with E-state index in [1.807, 2.05) is 58.2 Å². The molecule has 7 nitrogen and oxygen atoms in total. The molecule has 0 aliphatic carbocycles. The smallest absolute Gasteiger partial charge is 0.410 e. The van der Waals surface area contributed by atoms with Crippen LogP contribution in [-0.2, 0) is 4.74 Å². The second-order valence-electron chi connectivity index (χ2n) is 7.51. The second-order valence-corrected chi connectivity index (χ2v) is 7.51. The fourth-order valence-corrected chi connectivity index (χ4v) is 2.77. The quantitative estimate of drug-likeness (QED) is 0.635. The van der Waals surface area contributed by atoms with Crippen LogP contribution in [0.25, 0.3) is 5.70 Å². The predicted molar refractivity (Wildman–Crippen MR) is 111 cm³/mol. The number of carbonyl (C=O) groups is 1. The van der Waals surface area contributed by atoms with E-state index in [1.165, 1.54) is 0 Å². The molecule has 1 aromatic carbocycles. The minimum atomic E-state index is -0.462. The van der Waals surface area contributed by atoms with Gasteiger partial charge in [-0.3, -0.25) is 4.99 Å². The van der Waals surface area contributed by atoms with Crippen molar-refractivity contribution in [3.05, 3.63) is 36.0 Å². The Morgan fingerprint density at radius 1 is 1.22 bits per heavy atom. The fraction of sp³-hybridized carbons (Fsp3) is 0.500. The SMILES string of the molecule is C=N/C(=C\N(C)NC)c1ccc(N2CCN(C(=O)OC(C)(C)C)CC2)cc1. The zero-order chi connectivity index (χ0) is 20.0. The van der Waals surface area contributed by atoms with Gasteiger partial charge in [-0.1, -0.05) is 12.1 Å². The highest BCUT2D eigenvalue weighted by molar-refractivity contribution is 5.70. The lowest BCUT2D eigenvalue weighted by Gasteiger charge is -2.36. The fourth-order valence-electron chi connectivity index (χ4n) is 2.77. The van der Waals surface area contributed by atoms with E-state index >= 15 is 0 Å². The Morgan fingerprint density at radius 2 is 1.81 bits per heavy atom. The van der Waals surface area contributed by atoms with Gasteiger partial charge in [-0.25, -0.2) is 10.2 Å². The summed E-state index contributed by atoms with van der Waals surface area (Å²) < 4.78 is 5.45. The largest absolute Gasteiger partial charge is 0.444 e. The summed E-state index contributed by atoms with van der Waals surface area (Å²) in [7, 11) is 3.75. The molecule has 2 rings (SSSR count). The Labute approximate surface area is 162 Å². The first-order chi connectivity index (χ1) is 12.7. The van der Waals surface area contributed by atoms with Gasteiger partial charge >= 0.3 is 6.09 Å². The van der Waals surface area contributed by atoms with Gasteiger partial charge in [0.25, 0.3) is 0 Å². The summed E-state index contributed by atoms with van der Waals surface area (Å²) in [5.41, 5.74) is 5.48. The van der Waals surface area contributed by atoms with E-state index in [0.717, 1.165) is 30.0 Å². The molecule has 0 bridgehead atoms. The molecular weight excluding hydrogens is 342 g/mol. The Bertz CT molecular complexity index is 671. The lowest BCUT2D eigenvalue weighted by molar-refractivity contribution is 0.0240. The van der Waals surface area contributed by atoms with Crippen molar-refractivity contribution in [1.29, 1.82) is 0 Å². The maximum Gasteiger partial charge on any atom is 0.410 e. The Morgan fingerprint density at radius 3 is 2.30 bits per heavy atom. The average molecular weight is 374 g/mol. The first-order valence-electron chi connectivity index (χ1n) is 9.15. The summed E-state index contributed by atoms with van der Waals surface area (Å²) in [5.74, 6) is 0. The number of amides is 1. The summed E-state index contributed by atoms with van der Waals surface area (Å²) in [5, 5.41) is 1.83. The van der Waals surface area contributed by atoms with Crippen molar-refractivity contribution >= 4 is 24.2 Å². The third-order valence-electron chi connectivity index (χ3n) is 4.30. The Kier molecular flexibility index (Phi) is 6.85. The highest BCUT2D eigenvalue weighted by Gasteiger charge is 2.25. The molecule has 0 saturated carbocycles. The van der Waals surface area contributed by atoms with Crippen molar-refractivity contribution in [2.75, 3.05) is 45.2 Å². The summed E-state index contributed by atoms with van der Waals surface area (Å²) in [6, 6.07) is 8.24. The van der Waals surface area contributed by atoms with Crippen LogP contribution in [0.3, 0.4) is 0 Å². The Balaban J connectivity index is 1.98. The molecule has 1 saturated heterocycles. The summed E-state index contributed by atoms with van der Waals surface area (Å²) in [6.45, 7) is 12.2. The number of nitrogens with zero attached hydrogens (tertiary/aromatic N) is 4. The number of piperazine rings is 1. The highest BCUT2D eigenvalue weighted by Crippen LogP contribution is 2.22. The minimum absolute atomic E-state index is 0.238. The third-order valence-corrected chi connectivity index (χ3v) is 4.30. The van der Waals surface area contributed by atoms with Gasteiger partial charge in [0.05, 0.1) is 5.70 Å². The molecule has 1 aliphatic rings. The Hall–Kier alpha value is -2.54. The van der Waals surface area contributed by atoms with E-state index < -0.39 is 5.60 Å². The number of benzene rings is 1. The zero-order valence-electron chi connectivity index (χ0n) is 17.0. The normalized spacial score (nSPS) is 15.5. The summed E-state index contributed by atoms with van der Waals surface area (Å²) >= 11 is 0. The summed E-state index contributed by atoms with van der Waals surface area (Å²) in [4.78, 5) is 20.3. The van der Waals surface area contributed by atoms with Crippen molar-refractivity contribution in [2.24, 2.45) is 4.99 Å². The molecule has 1 heterocycles. The van der Waals surface area contributed by atoms with Crippen LogP contribution >= 0.6 is 0 Å². The maximum absolute atomic E-state index is 12.2. The van der Waals surface area contributed by atoms with E-state index in [2.05, 4.69) is 34.2 Å². The predicted octanol–water partition coefficient (Wildman–Crippen LogP) is 2.81. The summed E-state index contributed by atoms with van der Waals surface area (Å²) in [6.07, 6.45) is 1.65. The lowest BCUT2D eigenvalue weighted by Crippen LogP contribution is -2.50. The number of ether oxygens (including phenoxy) is 1. The van der Waals surface area contributed by atoms with Crippen molar-refractivity contribution < 1.29 is 9.53 Å². The van der Waals surface area contributed by atoms with Gasteiger partial charge in [-0.05, 0) is 39.6 Å². The molecule has 0 spiro atoms. The molecule has 0 aromatic heterocycles.